The zero-order valence-corrected chi connectivity index (χ0v) is 9.87. The van der Waals surface area contributed by atoms with E-state index in [9.17, 15) is 0 Å². The van der Waals surface area contributed by atoms with Crippen molar-refractivity contribution in [2.24, 2.45) is 0 Å². The van der Waals surface area contributed by atoms with E-state index in [1.807, 2.05) is 30.3 Å². The lowest BCUT2D eigenvalue weighted by atomic mass is 10.0. The maximum absolute atomic E-state index is 5.74. The Hall–Kier alpha value is -1.28. The first-order valence-electron chi connectivity index (χ1n) is 4.83. The van der Waals surface area contributed by atoms with E-state index in [0.29, 0.717) is 0 Å². The van der Waals surface area contributed by atoms with E-state index in [-0.39, 0.29) is 0 Å². The van der Waals surface area contributed by atoms with Gasteiger partial charge in [-0.15, -0.1) is 0 Å². The molecule has 0 aliphatic heterocycles. The Morgan fingerprint density at radius 3 is 2.53 bits per heavy atom. The SMILES string of the molecule is Nc1cccc(Cc2ccccc2Br)c1. The number of rotatable bonds is 2. The summed E-state index contributed by atoms with van der Waals surface area (Å²) < 4.78 is 1.15. The lowest BCUT2D eigenvalue weighted by Crippen LogP contribution is -1.91. The van der Waals surface area contributed by atoms with Gasteiger partial charge in [-0.25, -0.2) is 0 Å². The van der Waals surface area contributed by atoms with Gasteiger partial charge in [0.15, 0.2) is 0 Å². The average Bonchev–Trinajstić information content (AvgIpc) is 2.22. The van der Waals surface area contributed by atoms with Crippen LogP contribution in [0.1, 0.15) is 11.1 Å². The van der Waals surface area contributed by atoms with Crippen LogP contribution in [0.5, 0.6) is 0 Å². The molecule has 76 valence electrons. The molecule has 0 radical (unpaired) electrons. The van der Waals surface area contributed by atoms with Crippen LogP contribution >= 0.6 is 15.9 Å². The molecule has 1 nitrogen and oxygen atoms in total. The predicted molar refractivity (Wildman–Crippen MR) is 67.8 cm³/mol. The van der Waals surface area contributed by atoms with Crippen molar-refractivity contribution in [2.45, 2.75) is 6.42 Å². The Morgan fingerprint density at radius 2 is 1.80 bits per heavy atom. The maximum Gasteiger partial charge on any atom is 0.0316 e. The van der Waals surface area contributed by atoms with Gasteiger partial charge in [-0.3, -0.25) is 0 Å². The molecular formula is C13H12BrN. The van der Waals surface area contributed by atoms with Crippen molar-refractivity contribution in [3.8, 4) is 0 Å². The molecule has 0 saturated carbocycles. The van der Waals surface area contributed by atoms with Gasteiger partial charge < -0.3 is 5.73 Å². The van der Waals surface area contributed by atoms with Crippen LogP contribution in [-0.4, -0.2) is 0 Å². The molecule has 2 aromatic rings. The zero-order valence-electron chi connectivity index (χ0n) is 8.28. The van der Waals surface area contributed by atoms with Gasteiger partial charge in [-0.1, -0.05) is 46.3 Å². The Kier molecular flexibility index (Phi) is 3.07. The molecule has 2 heteroatoms. The Morgan fingerprint density at radius 1 is 1.00 bits per heavy atom. The summed E-state index contributed by atoms with van der Waals surface area (Å²) in [5.41, 5.74) is 9.08. The number of nitrogens with two attached hydrogens (primary N) is 1. The summed E-state index contributed by atoms with van der Waals surface area (Å²) in [6.45, 7) is 0. The largest absolute Gasteiger partial charge is 0.399 e. The first-order valence-corrected chi connectivity index (χ1v) is 5.63. The zero-order chi connectivity index (χ0) is 10.7. The van der Waals surface area contributed by atoms with Crippen molar-refractivity contribution < 1.29 is 0 Å². The van der Waals surface area contributed by atoms with Gasteiger partial charge in [0.2, 0.25) is 0 Å². The van der Waals surface area contributed by atoms with E-state index in [2.05, 4.69) is 34.1 Å². The summed E-state index contributed by atoms with van der Waals surface area (Å²) in [7, 11) is 0. The van der Waals surface area contributed by atoms with Crippen molar-refractivity contribution in [3.05, 3.63) is 64.1 Å². The highest BCUT2D eigenvalue weighted by molar-refractivity contribution is 9.10. The predicted octanol–water partition coefficient (Wildman–Crippen LogP) is 3.62. The highest BCUT2D eigenvalue weighted by Crippen LogP contribution is 2.20. The molecule has 0 unspecified atom stereocenters. The molecule has 2 rings (SSSR count). The molecule has 15 heavy (non-hydrogen) atoms. The van der Waals surface area contributed by atoms with E-state index in [4.69, 9.17) is 5.73 Å². The first-order chi connectivity index (χ1) is 7.25. The monoisotopic (exact) mass is 261 g/mol. The standard InChI is InChI=1S/C13H12BrN/c14-13-7-2-1-5-11(13)8-10-4-3-6-12(15)9-10/h1-7,9H,8,15H2. The van der Waals surface area contributed by atoms with E-state index < -0.39 is 0 Å². The van der Waals surface area contributed by atoms with Gasteiger partial charge in [0.1, 0.15) is 0 Å². The maximum atomic E-state index is 5.74. The minimum atomic E-state index is 0.819. The summed E-state index contributed by atoms with van der Waals surface area (Å²) in [6.07, 6.45) is 0.909. The molecule has 2 aromatic carbocycles. The molecular weight excluding hydrogens is 250 g/mol. The van der Waals surface area contributed by atoms with Gasteiger partial charge in [0, 0.05) is 10.2 Å². The summed E-state index contributed by atoms with van der Waals surface area (Å²) in [5.74, 6) is 0. The smallest absolute Gasteiger partial charge is 0.0316 e. The third kappa shape index (κ3) is 2.60. The van der Waals surface area contributed by atoms with E-state index in [1.165, 1.54) is 11.1 Å². The van der Waals surface area contributed by atoms with E-state index in [0.717, 1.165) is 16.6 Å². The van der Waals surface area contributed by atoms with Crippen LogP contribution in [0.2, 0.25) is 0 Å². The second-order valence-electron chi connectivity index (χ2n) is 3.51. The van der Waals surface area contributed by atoms with Crippen LogP contribution in [0, 0.1) is 0 Å². The van der Waals surface area contributed by atoms with Crippen LogP contribution in [0.25, 0.3) is 0 Å². The van der Waals surface area contributed by atoms with Gasteiger partial charge in [0.25, 0.3) is 0 Å². The molecule has 0 aliphatic carbocycles. The van der Waals surface area contributed by atoms with Crippen molar-refractivity contribution in [1.82, 2.24) is 0 Å². The Bertz CT molecular complexity index is 466. The van der Waals surface area contributed by atoms with Crippen LogP contribution < -0.4 is 5.73 Å². The second-order valence-corrected chi connectivity index (χ2v) is 4.37. The fourth-order valence-electron chi connectivity index (χ4n) is 1.56. The first kappa shape index (κ1) is 10.2. The molecule has 0 bridgehead atoms. The van der Waals surface area contributed by atoms with Crippen LogP contribution in [-0.2, 0) is 6.42 Å². The number of anilines is 1. The number of hydrogen-bond acceptors (Lipinski definition) is 1. The molecule has 2 N–H and O–H groups in total. The lowest BCUT2D eigenvalue weighted by molar-refractivity contribution is 1.18. The number of hydrogen-bond donors (Lipinski definition) is 1. The molecule has 0 aliphatic rings. The molecule has 0 fully saturated rings. The van der Waals surface area contributed by atoms with E-state index in [1.54, 1.807) is 0 Å². The third-order valence-corrected chi connectivity index (χ3v) is 3.08. The molecule has 0 amide bonds. The van der Waals surface area contributed by atoms with Gasteiger partial charge in [0.05, 0.1) is 0 Å². The van der Waals surface area contributed by atoms with E-state index >= 15 is 0 Å². The van der Waals surface area contributed by atoms with Crippen molar-refractivity contribution >= 4 is 21.6 Å². The quantitative estimate of drug-likeness (QED) is 0.822. The minimum absolute atomic E-state index is 0.819. The van der Waals surface area contributed by atoms with Crippen molar-refractivity contribution in [3.63, 3.8) is 0 Å². The normalized spacial score (nSPS) is 10.2. The van der Waals surface area contributed by atoms with Crippen molar-refractivity contribution in [2.75, 3.05) is 5.73 Å². The number of benzene rings is 2. The topological polar surface area (TPSA) is 26.0 Å². The van der Waals surface area contributed by atoms with Gasteiger partial charge >= 0.3 is 0 Å². The summed E-state index contributed by atoms with van der Waals surface area (Å²) in [5, 5.41) is 0. The molecule has 0 saturated heterocycles. The Labute approximate surface area is 98.1 Å². The summed E-state index contributed by atoms with van der Waals surface area (Å²) in [4.78, 5) is 0. The average molecular weight is 262 g/mol. The van der Waals surface area contributed by atoms with Gasteiger partial charge in [-0.2, -0.15) is 0 Å². The number of nitrogen functional groups attached to an aromatic ring is 1. The fraction of sp³-hybridized carbons (Fsp3) is 0.0769. The highest BCUT2D eigenvalue weighted by atomic mass is 79.9. The third-order valence-electron chi connectivity index (χ3n) is 2.30. The Balaban J connectivity index is 2.26. The molecule has 0 heterocycles. The van der Waals surface area contributed by atoms with Crippen LogP contribution in [0.15, 0.2) is 53.0 Å². The molecule has 0 spiro atoms. The molecule has 0 aromatic heterocycles. The second kappa shape index (κ2) is 4.49. The lowest BCUT2D eigenvalue weighted by Gasteiger charge is -2.05. The minimum Gasteiger partial charge on any atom is -0.399 e. The van der Waals surface area contributed by atoms with Gasteiger partial charge in [-0.05, 0) is 35.7 Å². The molecule has 0 atom stereocenters. The fourth-order valence-corrected chi connectivity index (χ4v) is 1.99. The van der Waals surface area contributed by atoms with Crippen LogP contribution in [0.4, 0.5) is 5.69 Å². The highest BCUT2D eigenvalue weighted by Gasteiger charge is 2.00. The van der Waals surface area contributed by atoms with Crippen molar-refractivity contribution in [1.29, 1.82) is 0 Å². The summed E-state index contributed by atoms with van der Waals surface area (Å²) >= 11 is 3.54. The summed E-state index contributed by atoms with van der Waals surface area (Å²) in [6, 6.07) is 16.2. The number of halogens is 1. The van der Waals surface area contributed by atoms with Crippen LogP contribution in [0.3, 0.4) is 0 Å².